The van der Waals surface area contributed by atoms with Crippen LogP contribution in [0.3, 0.4) is 0 Å². The molecule has 0 N–H and O–H groups in total. The van der Waals surface area contributed by atoms with Gasteiger partial charge < -0.3 is 9.42 Å². The second-order valence-electron chi connectivity index (χ2n) is 7.51. The zero-order valence-electron chi connectivity index (χ0n) is 17.1. The smallest absolute Gasteiger partial charge is 0.256 e. The highest BCUT2D eigenvalue weighted by Gasteiger charge is 2.27. The number of piperidine rings is 1. The standard InChI is InChI=1S/C21H24N6O2/c1-12-20(13(2)29-26-12)19-9-18(24-15(4)25-19)16-5-7-27(8-6-16)21(28)17-10-22-14(3)23-11-17/h9-11,16H,5-8H2,1-4H3. The van der Waals surface area contributed by atoms with E-state index in [4.69, 9.17) is 4.52 Å². The molecule has 1 saturated heterocycles. The quantitative estimate of drug-likeness (QED) is 0.675. The third-order valence-corrected chi connectivity index (χ3v) is 5.38. The zero-order chi connectivity index (χ0) is 20.5. The molecular weight excluding hydrogens is 368 g/mol. The number of rotatable bonds is 3. The van der Waals surface area contributed by atoms with E-state index in [2.05, 4.69) is 25.1 Å². The van der Waals surface area contributed by atoms with Gasteiger partial charge in [0.15, 0.2) is 0 Å². The van der Waals surface area contributed by atoms with Gasteiger partial charge in [0.1, 0.15) is 17.4 Å². The largest absolute Gasteiger partial charge is 0.361 e. The van der Waals surface area contributed by atoms with Gasteiger partial charge in [0, 0.05) is 37.1 Å². The molecule has 0 unspecified atom stereocenters. The maximum atomic E-state index is 12.7. The van der Waals surface area contributed by atoms with Gasteiger partial charge in [0.25, 0.3) is 5.91 Å². The van der Waals surface area contributed by atoms with E-state index in [1.165, 1.54) is 0 Å². The number of amides is 1. The molecule has 0 aromatic carbocycles. The second-order valence-corrected chi connectivity index (χ2v) is 7.51. The fraction of sp³-hybridized carbons (Fsp3) is 0.429. The Morgan fingerprint density at radius 3 is 2.34 bits per heavy atom. The highest BCUT2D eigenvalue weighted by atomic mass is 16.5. The van der Waals surface area contributed by atoms with Gasteiger partial charge in [-0.2, -0.15) is 0 Å². The van der Waals surface area contributed by atoms with E-state index in [1.54, 1.807) is 19.3 Å². The molecule has 1 aliphatic heterocycles. The Kier molecular flexibility index (Phi) is 5.08. The maximum absolute atomic E-state index is 12.7. The van der Waals surface area contributed by atoms with Crippen molar-refractivity contribution in [1.29, 1.82) is 0 Å². The van der Waals surface area contributed by atoms with Crippen molar-refractivity contribution in [3.63, 3.8) is 0 Å². The van der Waals surface area contributed by atoms with Gasteiger partial charge in [-0.15, -0.1) is 0 Å². The molecule has 8 nitrogen and oxygen atoms in total. The Labute approximate surface area is 169 Å². The number of hydrogen-bond acceptors (Lipinski definition) is 7. The van der Waals surface area contributed by atoms with E-state index in [9.17, 15) is 4.79 Å². The molecule has 1 aliphatic rings. The monoisotopic (exact) mass is 392 g/mol. The highest BCUT2D eigenvalue weighted by molar-refractivity contribution is 5.93. The minimum absolute atomic E-state index is 0.0151. The summed E-state index contributed by atoms with van der Waals surface area (Å²) >= 11 is 0. The Morgan fingerprint density at radius 1 is 1.03 bits per heavy atom. The van der Waals surface area contributed by atoms with Crippen molar-refractivity contribution in [2.75, 3.05) is 13.1 Å². The summed E-state index contributed by atoms with van der Waals surface area (Å²) in [7, 11) is 0. The van der Waals surface area contributed by atoms with E-state index < -0.39 is 0 Å². The SMILES string of the molecule is Cc1ncc(C(=O)N2CCC(c3cc(-c4c(C)noc4C)nc(C)n3)CC2)cn1. The molecule has 1 amide bonds. The Balaban J connectivity index is 1.50. The topological polar surface area (TPSA) is 97.9 Å². The number of aryl methyl sites for hydroxylation is 4. The van der Waals surface area contributed by atoms with Crippen molar-refractivity contribution in [2.24, 2.45) is 0 Å². The summed E-state index contributed by atoms with van der Waals surface area (Å²) in [5, 5.41) is 4.04. The van der Waals surface area contributed by atoms with Crippen molar-refractivity contribution in [2.45, 2.75) is 46.5 Å². The van der Waals surface area contributed by atoms with Crippen LogP contribution >= 0.6 is 0 Å². The first kappa shape index (κ1) is 19.2. The average Bonchev–Trinajstić information content (AvgIpc) is 3.06. The third kappa shape index (κ3) is 3.87. The Morgan fingerprint density at radius 2 is 1.72 bits per heavy atom. The molecule has 3 aromatic heterocycles. The van der Waals surface area contributed by atoms with Gasteiger partial charge in [0.2, 0.25) is 0 Å². The lowest BCUT2D eigenvalue weighted by atomic mass is 9.92. The van der Waals surface area contributed by atoms with Crippen molar-refractivity contribution in [1.82, 2.24) is 30.0 Å². The molecule has 0 radical (unpaired) electrons. The normalized spacial score (nSPS) is 15.0. The number of carbonyl (C=O) groups excluding carboxylic acids is 1. The molecule has 8 heteroatoms. The summed E-state index contributed by atoms with van der Waals surface area (Å²) in [5.41, 5.74) is 4.15. The molecule has 0 spiro atoms. The predicted molar refractivity (Wildman–Crippen MR) is 106 cm³/mol. The van der Waals surface area contributed by atoms with Gasteiger partial charge in [-0.1, -0.05) is 5.16 Å². The lowest BCUT2D eigenvalue weighted by molar-refractivity contribution is 0.0711. The maximum Gasteiger partial charge on any atom is 0.256 e. The average molecular weight is 392 g/mol. The molecule has 29 heavy (non-hydrogen) atoms. The minimum Gasteiger partial charge on any atom is -0.361 e. The van der Waals surface area contributed by atoms with Crippen LogP contribution in [0.25, 0.3) is 11.3 Å². The first-order chi connectivity index (χ1) is 13.9. The summed E-state index contributed by atoms with van der Waals surface area (Å²) in [6.45, 7) is 8.89. The lowest BCUT2D eigenvalue weighted by Gasteiger charge is -2.31. The fourth-order valence-corrected chi connectivity index (χ4v) is 3.84. The van der Waals surface area contributed by atoms with Gasteiger partial charge in [-0.05, 0) is 46.6 Å². The highest BCUT2D eigenvalue weighted by Crippen LogP contribution is 2.31. The molecule has 4 heterocycles. The number of aromatic nitrogens is 5. The van der Waals surface area contributed by atoms with E-state index in [1.807, 2.05) is 31.7 Å². The summed E-state index contributed by atoms with van der Waals surface area (Å²) < 4.78 is 5.30. The van der Waals surface area contributed by atoms with Gasteiger partial charge in [-0.3, -0.25) is 4.79 Å². The summed E-state index contributed by atoms with van der Waals surface area (Å²) in [4.78, 5) is 32.1. The molecule has 3 aromatic rings. The second kappa shape index (κ2) is 7.69. The van der Waals surface area contributed by atoms with Gasteiger partial charge >= 0.3 is 0 Å². The van der Waals surface area contributed by atoms with Crippen LogP contribution in [0.4, 0.5) is 0 Å². The van der Waals surface area contributed by atoms with E-state index in [-0.39, 0.29) is 11.8 Å². The van der Waals surface area contributed by atoms with Crippen LogP contribution in [-0.2, 0) is 0 Å². The fourth-order valence-electron chi connectivity index (χ4n) is 3.84. The number of carbonyl (C=O) groups is 1. The van der Waals surface area contributed by atoms with Crippen LogP contribution in [0.1, 0.15) is 57.9 Å². The van der Waals surface area contributed by atoms with E-state index in [0.29, 0.717) is 24.5 Å². The molecule has 0 saturated carbocycles. The van der Waals surface area contributed by atoms with E-state index in [0.717, 1.165) is 47.1 Å². The van der Waals surface area contributed by atoms with Crippen LogP contribution in [0.2, 0.25) is 0 Å². The van der Waals surface area contributed by atoms with Crippen molar-refractivity contribution in [3.8, 4) is 11.3 Å². The molecule has 0 atom stereocenters. The molecule has 0 aliphatic carbocycles. The number of nitrogens with zero attached hydrogens (tertiary/aromatic N) is 6. The Bertz CT molecular complexity index is 1020. The van der Waals surface area contributed by atoms with Crippen molar-refractivity contribution < 1.29 is 9.32 Å². The predicted octanol–water partition coefficient (Wildman–Crippen LogP) is 3.18. The van der Waals surface area contributed by atoms with Crippen LogP contribution in [0.15, 0.2) is 23.0 Å². The minimum atomic E-state index is -0.0151. The van der Waals surface area contributed by atoms with Crippen LogP contribution < -0.4 is 0 Å². The summed E-state index contributed by atoms with van der Waals surface area (Å²) in [5.74, 6) is 2.42. The van der Waals surface area contributed by atoms with Crippen molar-refractivity contribution in [3.05, 3.63) is 52.8 Å². The molecular formula is C21H24N6O2. The number of likely N-dealkylation sites (tertiary alicyclic amines) is 1. The molecule has 150 valence electrons. The molecule has 4 rings (SSSR count). The van der Waals surface area contributed by atoms with Crippen LogP contribution in [0, 0.1) is 27.7 Å². The summed E-state index contributed by atoms with van der Waals surface area (Å²) in [6.07, 6.45) is 4.91. The first-order valence-corrected chi connectivity index (χ1v) is 9.79. The molecule has 0 bridgehead atoms. The first-order valence-electron chi connectivity index (χ1n) is 9.79. The lowest BCUT2D eigenvalue weighted by Crippen LogP contribution is -2.38. The van der Waals surface area contributed by atoms with E-state index >= 15 is 0 Å². The van der Waals surface area contributed by atoms with Crippen molar-refractivity contribution >= 4 is 5.91 Å². The Hall–Kier alpha value is -3.16. The van der Waals surface area contributed by atoms with Gasteiger partial charge in [0.05, 0.1) is 22.5 Å². The van der Waals surface area contributed by atoms with Crippen LogP contribution in [-0.4, -0.2) is 49.0 Å². The van der Waals surface area contributed by atoms with Crippen LogP contribution in [0.5, 0.6) is 0 Å². The summed E-state index contributed by atoms with van der Waals surface area (Å²) in [6, 6.07) is 2.04. The molecule has 1 fully saturated rings. The third-order valence-electron chi connectivity index (χ3n) is 5.38. The van der Waals surface area contributed by atoms with Gasteiger partial charge in [-0.25, -0.2) is 19.9 Å². The number of hydrogen-bond donors (Lipinski definition) is 0. The zero-order valence-corrected chi connectivity index (χ0v) is 17.1.